The molecule has 0 aromatic heterocycles. The highest BCUT2D eigenvalue weighted by molar-refractivity contribution is 6.00. The normalized spacial score (nSPS) is 10.0. The van der Waals surface area contributed by atoms with Crippen LogP contribution in [0.15, 0.2) is 18.2 Å². The van der Waals surface area contributed by atoms with Gasteiger partial charge in [0.25, 0.3) is 0 Å². The summed E-state index contributed by atoms with van der Waals surface area (Å²) < 4.78 is 9.92. The summed E-state index contributed by atoms with van der Waals surface area (Å²) >= 11 is 0. The predicted molar refractivity (Wildman–Crippen MR) is 78.1 cm³/mol. The fraction of sp³-hybridized carbons (Fsp3) is 0.429. The quantitative estimate of drug-likeness (QED) is 0.802. The van der Waals surface area contributed by atoms with Gasteiger partial charge in [0.15, 0.2) is 0 Å². The zero-order valence-electron chi connectivity index (χ0n) is 12.4. The molecule has 0 aliphatic carbocycles. The van der Waals surface area contributed by atoms with E-state index in [-0.39, 0.29) is 17.3 Å². The van der Waals surface area contributed by atoms with E-state index in [1.807, 2.05) is 6.92 Å². The van der Waals surface area contributed by atoms with Crippen LogP contribution in [0.5, 0.6) is 5.75 Å². The van der Waals surface area contributed by atoms with E-state index in [4.69, 9.17) is 9.47 Å². The molecule has 1 aromatic rings. The van der Waals surface area contributed by atoms with Crippen molar-refractivity contribution in [2.75, 3.05) is 39.2 Å². The molecule has 0 saturated heterocycles. The van der Waals surface area contributed by atoms with Crippen molar-refractivity contribution in [2.24, 2.45) is 0 Å². The first-order valence-electron chi connectivity index (χ1n) is 6.49. The zero-order chi connectivity index (χ0) is 15.8. The Labute approximate surface area is 123 Å². The lowest BCUT2D eigenvalue weighted by atomic mass is 10.1. The number of carbonyl (C=O) groups is 2. The number of ether oxygens (including phenoxy) is 2. The number of hydrogen-bond donors (Lipinski definition) is 2. The van der Waals surface area contributed by atoms with E-state index in [0.29, 0.717) is 25.4 Å². The number of carboxylic acids is 1. The Morgan fingerprint density at radius 3 is 2.57 bits per heavy atom. The molecule has 0 aliphatic rings. The second-order valence-electron chi connectivity index (χ2n) is 4.22. The SMILES string of the molecule is CCN(CCOC)C(=O)Nc1ccc(OC)cc1C(=O)O. The Kier molecular flexibility index (Phi) is 6.48. The highest BCUT2D eigenvalue weighted by atomic mass is 16.5. The van der Waals surface area contributed by atoms with Gasteiger partial charge in [-0.1, -0.05) is 0 Å². The van der Waals surface area contributed by atoms with Crippen molar-refractivity contribution >= 4 is 17.7 Å². The molecule has 1 rings (SSSR count). The average molecular weight is 296 g/mol. The minimum Gasteiger partial charge on any atom is -0.497 e. The van der Waals surface area contributed by atoms with Crippen LogP contribution in [-0.4, -0.2) is 55.9 Å². The molecule has 0 unspecified atom stereocenters. The average Bonchev–Trinajstić information content (AvgIpc) is 2.48. The molecule has 116 valence electrons. The summed E-state index contributed by atoms with van der Waals surface area (Å²) in [5.74, 6) is -0.721. The molecule has 2 amide bonds. The lowest BCUT2D eigenvalue weighted by Crippen LogP contribution is -2.37. The third-order valence-corrected chi connectivity index (χ3v) is 2.93. The molecule has 21 heavy (non-hydrogen) atoms. The first kappa shape index (κ1) is 16.8. The van der Waals surface area contributed by atoms with Gasteiger partial charge in [-0.25, -0.2) is 9.59 Å². The lowest BCUT2D eigenvalue weighted by molar-refractivity contribution is 0.0697. The number of aromatic carboxylic acids is 1. The second kappa shape index (κ2) is 8.11. The number of carbonyl (C=O) groups excluding carboxylic acids is 1. The summed E-state index contributed by atoms with van der Waals surface area (Å²) in [5, 5.41) is 11.8. The van der Waals surface area contributed by atoms with Crippen LogP contribution in [0.4, 0.5) is 10.5 Å². The van der Waals surface area contributed by atoms with Crippen LogP contribution in [-0.2, 0) is 4.74 Å². The molecule has 1 aromatic carbocycles. The maximum absolute atomic E-state index is 12.1. The van der Waals surface area contributed by atoms with E-state index in [1.165, 1.54) is 24.1 Å². The topological polar surface area (TPSA) is 88.1 Å². The Bertz CT molecular complexity index is 504. The first-order chi connectivity index (χ1) is 10.0. The van der Waals surface area contributed by atoms with Crippen LogP contribution in [0.25, 0.3) is 0 Å². The van der Waals surface area contributed by atoms with E-state index in [9.17, 15) is 14.7 Å². The Morgan fingerprint density at radius 2 is 2.05 bits per heavy atom. The molecule has 0 fully saturated rings. The van der Waals surface area contributed by atoms with Crippen molar-refractivity contribution in [1.82, 2.24) is 4.90 Å². The van der Waals surface area contributed by atoms with Crippen LogP contribution in [0.1, 0.15) is 17.3 Å². The van der Waals surface area contributed by atoms with Crippen molar-refractivity contribution in [3.63, 3.8) is 0 Å². The third-order valence-electron chi connectivity index (χ3n) is 2.93. The van der Waals surface area contributed by atoms with Gasteiger partial charge in [-0.3, -0.25) is 0 Å². The van der Waals surface area contributed by atoms with Gasteiger partial charge in [0, 0.05) is 20.2 Å². The fourth-order valence-electron chi connectivity index (χ4n) is 1.74. The van der Waals surface area contributed by atoms with Gasteiger partial charge >= 0.3 is 12.0 Å². The zero-order valence-corrected chi connectivity index (χ0v) is 12.4. The molecule has 0 saturated carbocycles. The first-order valence-corrected chi connectivity index (χ1v) is 6.49. The Hall–Kier alpha value is -2.28. The number of amides is 2. The van der Waals surface area contributed by atoms with Gasteiger partial charge in [0.05, 0.1) is 25.0 Å². The van der Waals surface area contributed by atoms with Crippen LogP contribution >= 0.6 is 0 Å². The molecule has 0 radical (unpaired) electrons. The van der Waals surface area contributed by atoms with Gasteiger partial charge in [0.2, 0.25) is 0 Å². The summed E-state index contributed by atoms with van der Waals surface area (Å²) in [6.07, 6.45) is 0. The van der Waals surface area contributed by atoms with Crippen molar-refractivity contribution in [3.8, 4) is 5.75 Å². The van der Waals surface area contributed by atoms with E-state index >= 15 is 0 Å². The molecule has 2 N–H and O–H groups in total. The van der Waals surface area contributed by atoms with E-state index in [2.05, 4.69) is 5.32 Å². The molecule has 7 heteroatoms. The van der Waals surface area contributed by atoms with E-state index in [1.54, 1.807) is 13.2 Å². The maximum atomic E-state index is 12.1. The monoisotopic (exact) mass is 296 g/mol. The standard InChI is InChI=1S/C14H20N2O5/c1-4-16(7-8-20-2)14(19)15-12-6-5-10(21-3)9-11(12)13(17)18/h5-6,9H,4,7-8H2,1-3H3,(H,15,19)(H,17,18). The number of benzene rings is 1. The van der Waals surface area contributed by atoms with Crippen molar-refractivity contribution < 1.29 is 24.2 Å². The maximum Gasteiger partial charge on any atom is 0.337 e. The number of likely N-dealkylation sites (N-methyl/N-ethyl adjacent to an activating group) is 1. The molecule has 0 bridgehead atoms. The van der Waals surface area contributed by atoms with Crippen LogP contribution < -0.4 is 10.1 Å². The van der Waals surface area contributed by atoms with Gasteiger partial charge in [-0.05, 0) is 25.1 Å². The molecular formula is C14H20N2O5. The van der Waals surface area contributed by atoms with Crippen molar-refractivity contribution in [2.45, 2.75) is 6.92 Å². The van der Waals surface area contributed by atoms with E-state index < -0.39 is 5.97 Å². The van der Waals surface area contributed by atoms with Gasteiger partial charge in [0.1, 0.15) is 5.75 Å². The number of urea groups is 1. The van der Waals surface area contributed by atoms with Gasteiger partial charge < -0.3 is 24.8 Å². The molecule has 0 atom stereocenters. The number of anilines is 1. The molecule has 0 aliphatic heterocycles. The number of hydrogen-bond acceptors (Lipinski definition) is 4. The summed E-state index contributed by atoms with van der Waals surface area (Å²) in [6, 6.07) is 4.09. The lowest BCUT2D eigenvalue weighted by Gasteiger charge is -2.21. The summed E-state index contributed by atoms with van der Waals surface area (Å²) in [6.45, 7) is 3.17. The van der Waals surface area contributed by atoms with Gasteiger partial charge in [-0.2, -0.15) is 0 Å². The van der Waals surface area contributed by atoms with Crippen LogP contribution in [0.3, 0.4) is 0 Å². The molecule has 0 heterocycles. The fourth-order valence-corrected chi connectivity index (χ4v) is 1.74. The molecule has 7 nitrogen and oxygen atoms in total. The summed E-state index contributed by atoms with van der Waals surface area (Å²) in [5.41, 5.74) is 0.203. The van der Waals surface area contributed by atoms with Gasteiger partial charge in [-0.15, -0.1) is 0 Å². The predicted octanol–water partition coefficient (Wildman–Crippen LogP) is 1.89. The highest BCUT2D eigenvalue weighted by Crippen LogP contribution is 2.22. The number of methoxy groups -OCH3 is 2. The summed E-state index contributed by atoms with van der Waals surface area (Å²) in [7, 11) is 3.00. The number of nitrogens with zero attached hydrogens (tertiary/aromatic N) is 1. The third kappa shape index (κ3) is 4.64. The minimum absolute atomic E-state index is 0.0227. The Morgan fingerprint density at radius 1 is 1.33 bits per heavy atom. The van der Waals surface area contributed by atoms with Crippen molar-refractivity contribution in [3.05, 3.63) is 23.8 Å². The highest BCUT2D eigenvalue weighted by Gasteiger charge is 2.17. The number of carboxylic acid groups (broad SMARTS) is 1. The molecule has 0 spiro atoms. The largest absolute Gasteiger partial charge is 0.497 e. The number of rotatable bonds is 7. The molecular weight excluding hydrogens is 276 g/mol. The Balaban J connectivity index is 2.90. The van der Waals surface area contributed by atoms with Crippen LogP contribution in [0, 0.1) is 0 Å². The summed E-state index contributed by atoms with van der Waals surface area (Å²) in [4.78, 5) is 24.9. The van der Waals surface area contributed by atoms with Crippen LogP contribution in [0.2, 0.25) is 0 Å². The van der Waals surface area contributed by atoms with Crippen molar-refractivity contribution in [1.29, 1.82) is 0 Å². The van der Waals surface area contributed by atoms with E-state index in [0.717, 1.165) is 0 Å². The second-order valence-corrected chi connectivity index (χ2v) is 4.22. The minimum atomic E-state index is -1.14. The number of nitrogens with one attached hydrogen (secondary N) is 1. The smallest absolute Gasteiger partial charge is 0.337 e.